The van der Waals surface area contributed by atoms with E-state index in [1.807, 2.05) is 0 Å². The summed E-state index contributed by atoms with van der Waals surface area (Å²) in [5.41, 5.74) is 0. The number of carboxylic acids is 1. The van der Waals surface area contributed by atoms with E-state index in [-0.39, 0.29) is 5.91 Å². The Balaban J connectivity index is 2.04. The molecular weight excluding hydrogens is 234 g/mol. The van der Waals surface area contributed by atoms with E-state index >= 15 is 0 Å². The summed E-state index contributed by atoms with van der Waals surface area (Å²) in [5, 5.41) is 15.9. The van der Waals surface area contributed by atoms with Crippen molar-refractivity contribution in [2.45, 2.75) is 25.7 Å². The molecule has 0 saturated heterocycles. The van der Waals surface area contributed by atoms with Crippen LogP contribution in [0.4, 0.5) is 5.82 Å². The zero-order chi connectivity index (χ0) is 13.1. The lowest BCUT2D eigenvalue weighted by Gasteiger charge is -2.27. The first-order chi connectivity index (χ1) is 8.58. The minimum atomic E-state index is -0.879. The predicted octanol–water partition coefficient (Wildman–Crippen LogP) is 1.25. The number of carboxylic acid groups (broad SMARTS) is 1. The predicted molar refractivity (Wildman–Crippen MR) is 64.9 cm³/mol. The Labute approximate surface area is 105 Å². The van der Waals surface area contributed by atoms with E-state index in [2.05, 4.69) is 10.4 Å². The van der Waals surface area contributed by atoms with Gasteiger partial charge in [-0.3, -0.25) is 14.3 Å². The number of aromatic nitrogens is 2. The average Bonchev–Trinajstić information content (AvgIpc) is 2.74. The van der Waals surface area contributed by atoms with Gasteiger partial charge in [0.15, 0.2) is 5.82 Å². The minimum Gasteiger partial charge on any atom is -0.481 e. The number of aliphatic carboxylic acids is 1. The van der Waals surface area contributed by atoms with Crippen LogP contribution in [-0.2, 0) is 16.6 Å². The van der Waals surface area contributed by atoms with E-state index in [4.69, 9.17) is 5.11 Å². The van der Waals surface area contributed by atoms with Crippen LogP contribution in [0.2, 0.25) is 0 Å². The minimum absolute atomic E-state index is 0.235. The normalized spacial score (nSPS) is 23.6. The second kappa shape index (κ2) is 5.20. The Bertz CT molecular complexity index is 455. The van der Waals surface area contributed by atoms with E-state index < -0.39 is 17.8 Å². The highest BCUT2D eigenvalue weighted by atomic mass is 16.4. The highest BCUT2D eigenvalue weighted by molar-refractivity contribution is 5.94. The van der Waals surface area contributed by atoms with Crippen LogP contribution in [0.1, 0.15) is 25.7 Å². The van der Waals surface area contributed by atoms with Crippen LogP contribution in [-0.4, -0.2) is 26.8 Å². The first-order valence-electron chi connectivity index (χ1n) is 6.11. The maximum atomic E-state index is 12.1. The molecule has 1 aromatic rings. The summed E-state index contributed by atoms with van der Waals surface area (Å²) >= 11 is 0. The molecule has 6 heteroatoms. The fraction of sp³-hybridized carbons (Fsp3) is 0.583. The van der Waals surface area contributed by atoms with Gasteiger partial charge >= 0.3 is 5.97 Å². The zero-order valence-electron chi connectivity index (χ0n) is 10.3. The summed E-state index contributed by atoms with van der Waals surface area (Å²) in [6.07, 6.45) is 4.73. The monoisotopic (exact) mass is 251 g/mol. The van der Waals surface area contributed by atoms with Crippen LogP contribution in [0.25, 0.3) is 0 Å². The summed E-state index contributed by atoms with van der Waals surface area (Å²) in [5.74, 6) is -1.66. The molecular formula is C12H17N3O3. The first kappa shape index (κ1) is 12.6. The Kier molecular flexibility index (Phi) is 3.64. The highest BCUT2D eigenvalue weighted by Crippen LogP contribution is 2.31. The van der Waals surface area contributed by atoms with Crippen LogP contribution in [0.5, 0.6) is 0 Å². The Morgan fingerprint density at radius 2 is 2.06 bits per heavy atom. The summed E-state index contributed by atoms with van der Waals surface area (Å²) in [7, 11) is 1.76. The summed E-state index contributed by atoms with van der Waals surface area (Å²) < 4.78 is 1.59. The number of aryl methyl sites for hydroxylation is 1. The molecule has 0 radical (unpaired) electrons. The number of hydrogen-bond acceptors (Lipinski definition) is 3. The lowest BCUT2D eigenvalue weighted by Crippen LogP contribution is -2.36. The van der Waals surface area contributed by atoms with Gasteiger partial charge in [0.2, 0.25) is 5.91 Å². The molecule has 1 aliphatic carbocycles. The fourth-order valence-electron chi connectivity index (χ4n) is 2.44. The summed E-state index contributed by atoms with van der Waals surface area (Å²) in [6, 6.07) is 1.69. The van der Waals surface area contributed by atoms with Crippen molar-refractivity contribution in [1.29, 1.82) is 0 Å². The van der Waals surface area contributed by atoms with Crippen molar-refractivity contribution in [3.8, 4) is 0 Å². The molecule has 0 aliphatic heterocycles. The number of nitrogens with one attached hydrogen (secondary N) is 1. The van der Waals surface area contributed by atoms with Gasteiger partial charge in [0.1, 0.15) is 0 Å². The quantitative estimate of drug-likeness (QED) is 0.846. The molecule has 0 bridgehead atoms. The molecule has 1 aromatic heterocycles. The number of anilines is 1. The molecule has 0 aromatic carbocycles. The first-order valence-corrected chi connectivity index (χ1v) is 6.11. The molecule has 1 amide bonds. The van der Waals surface area contributed by atoms with Gasteiger partial charge in [-0.2, -0.15) is 5.10 Å². The maximum Gasteiger partial charge on any atom is 0.307 e. The number of carbonyl (C=O) groups excluding carboxylic acids is 1. The smallest absolute Gasteiger partial charge is 0.307 e. The van der Waals surface area contributed by atoms with Crippen LogP contribution in [0.3, 0.4) is 0 Å². The number of carbonyl (C=O) groups is 2. The molecule has 1 aliphatic rings. The van der Waals surface area contributed by atoms with E-state index in [0.717, 1.165) is 12.8 Å². The second-order valence-electron chi connectivity index (χ2n) is 4.70. The standard InChI is InChI=1S/C12H17N3O3/c1-15-7-6-10(14-15)13-11(16)8-4-2-3-5-9(8)12(17)18/h6-9H,2-5H2,1H3,(H,17,18)(H,13,14,16)/t8-,9+/m1/s1. The molecule has 0 spiro atoms. The molecule has 1 fully saturated rings. The van der Waals surface area contributed by atoms with Crippen LogP contribution >= 0.6 is 0 Å². The maximum absolute atomic E-state index is 12.1. The largest absolute Gasteiger partial charge is 0.481 e. The van der Waals surface area contributed by atoms with Crippen molar-refractivity contribution in [1.82, 2.24) is 9.78 Å². The van der Waals surface area contributed by atoms with Crippen molar-refractivity contribution in [3.05, 3.63) is 12.3 Å². The highest BCUT2D eigenvalue weighted by Gasteiger charge is 2.35. The third kappa shape index (κ3) is 2.69. The van der Waals surface area contributed by atoms with Crippen molar-refractivity contribution >= 4 is 17.7 Å². The average molecular weight is 251 g/mol. The van der Waals surface area contributed by atoms with Gasteiger partial charge in [0.25, 0.3) is 0 Å². The molecule has 0 unspecified atom stereocenters. The van der Waals surface area contributed by atoms with Crippen molar-refractivity contribution in [2.24, 2.45) is 18.9 Å². The molecule has 2 rings (SSSR count). The SMILES string of the molecule is Cn1ccc(NC(=O)[C@@H]2CCCC[C@@H]2C(=O)O)n1. The third-order valence-corrected chi connectivity index (χ3v) is 3.38. The number of rotatable bonds is 3. The summed E-state index contributed by atoms with van der Waals surface area (Å²) in [4.78, 5) is 23.2. The number of hydrogen-bond donors (Lipinski definition) is 2. The van der Waals surface area contributed by atoms with Gasteiger partial charge in [0.05, 0.1) is 11.8 Å². The van der Waals surface area contributed by atoms with Crippen LogP contribution in [0.15, 0.2) is 12.3 Å². The lowest BCUT2D eigenvalue weighted by molar-refractivity contribution is -0.147. The Morgan fingerprint density at radius 1 is 1.39 bits per heavy atom. The van der Waals surface area contributed by atoms with Crippen LogP contribution < -0.4 is 5.32 Å². The van der Waals surface area contributed by atoms with Crippen molar-refractivity contribution < 1.29 is 14.7 Å². The van der Waals surface area contributed by atoms with Gasteiger partial charge in [-0.05, 0) is 12.8 Å². The van der Waals surface area contributed by atoms with Crippen molar-refractivity contribution in [2.75, 3.05) is 5.32 Å². The van der Waals surface area contributed by atoms with Crippen molar-refractivity contribution in [3.63, 3.8) is 0 Å². The van der Waals surface area contributed by atoms with Crippen LogP contribution in [0, 0.1) is 11.8 Å². The second-order valence-corrected chi connectivity index (χ2v) is 4.70. The molecule has 1 saturated carbocycles. The topological polar surface area (TPSA) is 84.2 Å². The lowest BCUT2D eigenvalue weighted by atomic mass is 9.79. The van der Waals surface area contributed by atoms with E-state index in [1.54, 1.807) is 24.0 Å². The van der Waals surface area contributed by atoms with Gasteiger partial charge in [0, 0.05) is 19.3 Å². The molecule has 98 valence electrons. The molecule has 2 N–H and O–H groups in total. The molecule has 18 heavy (non-hydrogen) atoms. The molecule has 1 heterocycles. The van der Waals surface area contributed by atoms with Gasteiger partial charge in [-0.1, -0.05) is 12.8 Å². The zero-order valence-corrected chi connectivity index (χ0v) is 10.3. The fourth-order valence-corrected chi connectivity index (χ4v) is 2.44. The van der Waals surface area contributed by atoms with E-state index in [9.17, 15) is 9.59 Å². The Hall–Kier alpha value is -1.85. The number of amides is 1. The molecule has 2 atom stereocenters. The van der Waals surface area contributed by atoms with Gasteiger partial charge in [-0.15, -0.1) is 0 Å². The summed E-state index contributed by atoms with van der Waals surface area (Å²) in [6.45, 7) is 0. The number of nitrogens with zero attached hydrogens (tertiary/aromatic N) is 2. The van der Waals surface area contributed by atoms with E-state index in [0.29, 0.717) is 18.7 Å². The van der Waals surface area contributed by atoms with Gasteiger partial charge in [-0.25, -0.2) is 0 Å². The molecule has 6 nitrogen and oxygen atoms in total. The van der Waals surface area contributed by atoms with E-state index in [1.165, 1.54) is 0 Å². The third-order valence-electron chi connectivity index (χ3n) is 3.38. The Morgan fingerprint density at radius 3 is 2.61 bits per heavy atom. The van der Waals surface area contributed by atoms with Gasteiger partial charge < -0.3 is 10.4 Å².